The SMILES string of the molecule is CCCONc1nc(C(N)=O)nc(OCC(F)(F)F)c1S(N)(=O)=O. The normalized spacial score (nSPS) is 12.0. The van der Waals surface area contributed by atoms with E-state index in [1.54, 1.807) is 6.92 Å². The molecule has 136 valence electrons. The second-order valence-electron chi connectivity index (χ2n) is 4.29. The molecule has 1 aromatic rings. The van der Waals surface area contributed by atoms with Crippen LogP contribution in [0.5, 0.6) is 5.88 Å². The number of nitrogens with one attached hydrogen (secondary N) is 1. The van der Waals surface area contributed by atoms with Crippen molar-refractivity contribution in [1.82, 2.24) is 9.97 Å². The number of primary sulfonamides is 1. The lowest BCUT2D eigenvalue weighted by Crippen LogP contribution is -2.26. The molecule has 10 nitrogen and oxygen atoms in total. The number of halogens is 3. The summed E-state index contributed by atoms with van der Waals surface area (Å²) < 4.78 is 64.5. The molecule has 1 amide bonds. The number of anilines is 1. The summed E-state index contributed by atoms with van der Waals surface area (Å²) in [6.45, 7) is -0.0480. The number of hydrogen-bond donors (Lipinski definition) is 3. The molecule has 1 rings (SSSR count). The Labute approximate surface area is 134 Å². The van der Waals surface area contributed by atoms with Crippen LogP contribution >= 0.6 is 0 Å². The van der Waals surface area contributed by atoms with Crippen molar-refractivity contribution in [3.63, 3.8) is 0 Å². The second-order valence-corrected chi connectivity index (χ2v) is 5.79. The minimum atomic E-state index is -4.79. The van der Waals surface area contributed by atoms with Gasteiger partial charge in [-0.1, -0.05) is 6.92 Å². The van der Waals surface area contributed by atoms with E-state index in [0.717, 1.165) is 0 Å². The fourth-order valence-corrected chi connectivity index (χ4v) is 2.04. The van der Waals surface area contributed by atoms with Crippen LogP contribution in [-0.4, -0.2) is 43.7 Å². The largest absolute Gasteiger partial charge is 0.467 e. The topological polar surface area (TPSA) is 160 Å². The van der Waals surface area contributed by atoms with Gasteiger partial charge in [-0.3, -0.25) is 9.63 Å². The Balaban J connectivity index is 3.42. The number of ether oxygens (including phenoxy) is 1. The zero-order valence-corrected chi connectivity index (χ0v) is 13.1. The van der Waals surface area contributed by atoms with Crippen LogP contribution in [0.3, 0.4) is 0 Å². The molecule has 0 aliphatic heterocycles. The standard InChI is InChI=1S/C10H14F3N5O5S/c1-2-3-23-18-7-5(24(15,20)21)9(22-4-10(11,12)13)17-8(16-7)6(14)19/h2-4H2,1H3,(H2,14,19)(H2,15,20,21)(H,16,17,18). The van der Waals surface area contributed by atoms with Gasteiger partial charge in [-0.25, -0.2) is 24.0 Å². The van der Waals surface area contributed by atoms with E-state index in [4.69, 9.17) is 15.7 Å². The van der Waals surface area contributed by atoms with E-state index in [1.165, 1.54) is 0 Å². The van der Waals surface area contributed by atoms with E-state index in [0.29, 0.717) is 6.42 Å². The molecule has 0 unspecified atom stereocenters. The van der Waals surface area contributed by atoms with Gasteiger partial charge in [0.15, 0.2) is 17.3 Å². The van der Waals surface area contributed by atoms with Crippen molar-refractivity contribution in [3.8, 4) is 5.88 Å². The number of aromatic nitrogens is 2. The summed E-state index contributed by atoms with van der Waals surface area (Å²) in [5, 5.41) is 4.95. The van der Waals surface area contributed by atoms with E-state index in [-0.39, 0.29) is 6.61 Å². The first-order valence-electron chi connectivity index (χ1n) is 6.27. The van der Waals surface area contributed by atoms with Gasteiger partial charge in [-0.05, 0) is 6.42 Å². The van der Waals surface area contributed by atoms with Crippen molar-refractivity contribution in [1.29, 1.82) is 0 Å². The predicted octanol–water partition coefficient (Wildman–Crippen LogP) is -0.0825. The van der Waals surface area contributed by atoms with E-state index in [1.807, 2.05) is 0 Å². The fraction of sp³-hybridized carbons (Fsp3) is 0.500. The average Bonchev–Trinajstić information content (AvgIpc) is 2.42. The van der Waals surface area contributed by atoms with Crippen molar-refractivity contribution < 1.29 is 36.0 Å². The predicted molar refractivity (Wildman–Crippen MR) is 73.3 cm³/mol. The highest BCUT2D eigenvalue weighted by molar-refractivity contribution is 7.89. The van der Waals surface area contributed by atoms with E-state index >= 15 is 0 Å². The van der Waals surface area contributed by atoms with E-state index in [9.17, 15) is 26.4 Å². The number of alkyl halides is 3. The third-order valence-corrected chi connectivity index (χ3v) is 3.12. The van der Waals surface area contributed by atoms with Gasteiger partial charge in [0.25, 0.3) is 5.91 Å². The Morgan fingerprint density at radius 1 is 1.33 bits per heavy atom. The quantitative estimate of drug-likeness (QED) is 0.421. The maximum atomic E-state index is 12.3. The van der Waals surface area contributed by atoms with Gasteiger partial charge in [0.2, 0.25) is 21.7 Å². The van der Waals surface area contributed by atoms with Crippen molar-refractivity contribution in [2.45, 2.75) is 24.4 Å². The zero-order valence-electron chi connectivity index (χ0n) is 12.3. The van der Waals surface area contributed by atoms with E-state index in [2.05, 4.69) is 20.2 Å². The van der Waals surface area contributed by atoms with Crippen molar-refractivity contribution >= 4 is 21.7 Å². The van der Waals surface area contributed by atoms with Crippen LogP contribution in [0.15, 0.2) is 4.90 Å². The van der Waals surface area contributed by atoms with Gasteiger partial charge < -0.3 is 10.5 Å². The summed E-state index contributed by atoms with van der Waals surface area (Å²) in [6.07, 6.45) is -4.28. The lowest BCUT2D eigenvalue weighted by molar-refractivity contribution is -0.154. The van der Waals surface area contributed by atoms with E-state index < -0.39 is 51.1 Å². The summed E-state index contributed by atoms with van der Waals surface area (Å²) in [7, 11) is -4.62. The Morgan fingerprint density at radius 3 is 2.42 bits per heavy atom. The van der Waals surface area contributed by atoms with Gasteiger partial charge >= 0.3 is 6.18 Å². The molecule has 0 aliphatic rings. The molecule has 0 fully saturated rings. The third kappa shape index (κ3) is 5.78. The molecule has 5 N–H and O–H groups in total. The number of amides is 1. The first-order chi connectivity index (χ1) is 11.0. The fourth-order valence-electron chi connectivity index (χ4n) is 1.34. The Morgan fingerprint density at radius 2 is 1.96 bits per heavy atom. The molecule has 24 heavy (non-hydrogen) atoms. The lowest BCUT2D eigenvalue weighted by atomic mass is 10.5. The highest BCUT2D eigenvalue weighted by atomic mass is 32.2. The summed E-state index contributed by atoms with van der Waals surface area (Å²) in [6, 6.07) is 0. The Hall–Kier alpha value is -2.19. The summed E-state index contributed by atoms with van der Waals surface area (Å²) in [5.41, 5.74) is 7.03. The van der Waals surface area contributed by atoms with Gasteiger partial charge in [0.1, 0.15) is 0 Å². The lowest BCUT2D eigenvalue weighted by Gasteiger charge is -2.15. The van der Waals surface area contributed by atoms with Crippen LogP contribution in [0.2, 0.25) is 0 Å². The summed E-state index contributed by atoms with van der Waals surface area (Å²) in [5.74, 6) is -3.78. The third-order valence-electron chi connectivity index (χ3n) is 2.19. The number of hydrogen-bond acceptors (Lipinski definition) is 8. The molecule has 0 bridgehead atoms. The molecule has 14 heteroatoms. The van der Waals surface area contributed by atoms with Crippen LogP contribution in [-0.2, 0) is 14.9 Å². The first kappa shape index (κ1) is 19.9. The minimum Gasteiger partial charge on any atom is -0.467 e. The van der Waals surface area contributed by atoms with Crippen molar-refractivity contribution in [3.05, 3.63) is 5.82 Å². The van der Waals surface area contributed by atoms with Gasteiger partial charge in [0, 0.05) is 0 Å². The number of rotatable bonds is 8. The molecule has 0 radical (unpaired) electrons. The van der Waals surface area contributed by atoms with Crippen molar-refractivity contribution in [2.24, 2.45) is 10.9 Å². The number of nitrogens with two attached hydrogens (primary N) is 2. The average molecular weight is 373 g/mol. The molecular weight excluding hydrogens is 359 g/mol. The monoisotopic (exact) mass is 373 g/mol. The Bertz CT molecular complexity index is 710. The zero-order chi connectivity index (χ0) is 18.5. The van der Waals surface area contributed by atoms with Crippen LogP contribution in [0.1, 0.15) is 24.0 Å². The maximum Gasteiger partial charge on any atom is 0.422 e. The molecule has 1 heterocycles. The number of primary amides is 1. The Kier molecular flexibility index (Phi) is 6.28. The maximum absolute atomic E-state index is 12.3. The van der Waals surface area contributed by atoms with Crippen LogP contribution < -0.4 is 21.1 Å². The molecule has 0 aliphatic carbocycles. The number of sulfonamides is 1. The highest BCUT2D eigenvalue weighted by Gasteiger charge is 2.32. The van der Waals surface area contributed by atoms with Crippen LogP contribution in [0.25, 0.3) is 0 Å². The first-order valence-corrected chi connectivity index (χ1v) is 7.82. The molecule has 0 atom stereocenters. The number of carbonyl (C=O) groups is 1. The number of carbonyl (C=O) groups excluding carboxylic acids is 1. The molecular formula is C10H14F3N5O5S. The molecule has 1 aromatic heterocycles. The van der Waals surface area contributed by atoms with Gasteiger partial charge in [0.05, 0.1) is 6.61 Å². The molecule has 0 saturated heterocycles. The van der Waals surface area contributed by atoms with Crippen LogP contribution in [0, 0.1) is 0 Å². The summed E-state index contributed by atoms with van der Waals surface area (Å²) in [4.78, 5) is 21.8. The van der Waals surface area contributed by atoms with Crippen LogP contribution in [0.4, 0.5) is 19.0 Å². The van der Waals surface area contributed by atoms with Gasteiger partial charge in [-0.15, -0.1) is 0 Å². The summed E-state index contributed by atoms with van der Waals surface area (Å²) >= 11 is 0. The molecule has 0 aromatic carbocycles. The number of nitrogens with zero attached hydrogens (tertiary/aromatic N) is 2. The minimum absolute atomic E-state index is 0.0959. The second kappa shape index (κ2) is 7.59. The van der Waals surface area contributed by atoms with Crippen molar-refractivity contribution in [2.75, 3.05) is 18.7 Å². The highest BCUT2D eigenvalue weighted by Crippen LogP contribution is 2.29. The smallest absolute Gasteiger partial charge is 0.422 e. The van der Waals surface area contributed by atoms with Gasteiger partial charge in [-0.2, -0.15) is 18.2 Å². The molecule has 0 saturated carbocycles. The molecule has 0 spiro atoms.